The lowest BCUT2D eigenvalue weighted by Gasteiger charge is -2.22. The van der Waals surface area contributed by atoms with Crippen molar-refractivity contribution in [3.63, 3.8) is 0 Å². The van der Waals surface area contributed by atoms with Gasteiger partial charge in [-0.1, -0.05) is 12.1 Å². The molecule has 0 heterocycles. The number of aliphatic hydroxyl groups is 2. The van der Waals surface area contributed by atoms with Gasteiger partial charge in [-0.2, -0.15) is 0 Å². The van der Waals surface area contributed by atoms with Gasteiger partial charge >= 0.3 is 12.1 Å². The van der Waals surface area contributed by atoms with Gasteiger partial charge in [-0.15, -0.1) is 0 Å². The van der Waals surface area contributed by atoms with Crippen LogP contribution in [0.25, 0.3) is 0 Å². The molecule has 1 atom stereocenters. The van der Waals surface area contributed by atoms with Crippen LogP contribution in [0, 0.1) is 0 Å². The van der Waals surface area contributed by atoms with Crippen molar-refractivity contribution in [2.75, 3.05) is 13.2 Å². The number of carbonyl (C=O) groups excluding carboxylic acids is 1. The number of carboxylic acids is 1. The summed E-state index contributed by atoms with van der Waals surface area (Å²) in [6.07, 6.45) is -1.60. The number of nitrogens with one attached hydrogen (secondary N) is 1. The summed E-state index contributed by atoms with van der Waals surface area (Å²) >= 11 is 0. The Morgan fingerprint density at radius 1 is 1.12 bits per heavy atom. The quantitative estimate of drug-likeness (QED) is 0.584. The second-order valence-electron chi connectivity index (χ2n) is 6.09. The molecule has 0 bridgehead atoms. The van der Waals surface area contributed by atoms with E-state index in [1.165, 1.54) is 24.3 Å². The first kappa shape index (κ1) is 19.7. The molecule has 0 aromatic heterocycles. The number of benzene rings is 1. The van der Waals surface area contributed by atoms with Crippen molar-refractivity contribution in [2.45, 2.75) is 38.5 Å². The molecule has 1 amide bonds. The van der Waals surface area contributed by atoms with Crippen LogP contribution in [0.3, 0.4) is 0 Å². The van der Waals surface area contributed by atoms with Crippen molar-refractivity contribution in [2.24, 2.45) is 0 Å². The largest absolute Gasteiger partial charge is 0.486 e. The van der Waals surface area contributed by atoms with E-state index in [1.54, 1.807) is 20.8 Å². The van der Waals surface area contributed by atoms with Gasteiger partial charge in [-0.25, -0.2) is 9.59 Å². The third kappa shape index (κ3) is 6.43. The third-order valence-corrected chi connectivity index (χ3v) is 2.83. The Morgan fingerprint density at radius 3 is 2.08 bits per heavy atom. The van der Waals surface area contributed by atoms with Crippen molar-refractivity contribution in [1.82, 2.24) is 5.32 Å². The second kappa shape index (κ2) is 8.51. The zero-order valence-electron chi connectivity index (χ0n) is 13.9. The molecule has 4 N–H and O–H groups in total. The van der Waals surface area contributed by atoms with Gasteiger partial charge in [-0.05, 0) is 38.5 Å². The first-order valence-corrected chi connectivity index (χ1v) is 7.37. The minimum absolute atomic E-state index is 0.324. The van der Waals surface area contributed by atoms with Gasteiger partial charge in [0.2, 0.25) is 0 Å². The third-order valence-electron chi connectivity index (χ3n) is 2.83. The monoisotopic (exact) mass is 341 g/mol. The minimum Gasteiger partial charge on any atom is -0.486 e. The van der Waals surface area contributed by atoms with E-state index >= 15 is 0 Å². The number of amides is 1. The number of hydrogen-bond donors (Lipinski definition) is 4. The van der Waals surface area contributed by atoms with Crippen LogP contribution < -0.4 is 10.1 Å². The summed E-state index contributed by atoms with van der Waals surface area (Å²) in [4.78, 5) is 23.1. The molecule has 1 aromatic carbocycles. The molecule has 0 fully saturated rings. The van der Waals surface area contributed by atoms with Crippen LogP contribution in [-0.4, -0.2) is 52.3 Å². The molecule has 0 aliphatic rings. The number of ether oxygens (including phenoxy) is 2. The molecule has 0 spiro atoms. The van der Waals surface area contributed by atoms with Crippen LogP contribution >= 0.6 is 0 Å². The number of carbonyl (C=O) groups is 2. The number of hydrogen-bond acceptors (Lipinski definition) is 6. The van der Waals surface area contributed by atoms with Crippen molar-refractivity contribution in [3.8, 4) is 5.75 Å². The average Bonchev–Trinajstić information content (AvgIpc) is 2.49. The first-order chi connectivity index (χ1) is 11.2. The summed E-state index contributed by atoms with van der Waals surface area (Å²) in [5.41, 5.74) is -0.417. The summed E-state index contributed by atoms with van der Waals surface area (Å²) < 4.78 is 10.3. The van der Waals surface area contributed by atoms with Crippen LogP contribution in [0.5, 0.6) is 5.75 Å². The Balaban J connectivity index is 2.82. The fraction of sp³-hybridized carbons (Fsp3) is 0.500. The molecule has 0 aliphatic heterocycles. The Hall–Kier alpha value is -2.32. The van der Waals surface area contributed by atoms with Gasteiger partial charge in [-0.3, -0.25) is 0 Å². The molecule has 134 valence electrons. The Bertz CT molecular complexity index is 547. The molecule has 0 unspecified atom stereocenters. The van der Waals surface area contributed by atoms with E-state index in [0.717, 1.165) is 0 Å². The fourth-order valence-electron chi connectivity index (χ4n) is 1.78. The Labute approximate surface area is 140 Å². The summed E-state index contributed by atoms with van der Waals surface area (Å²) in [6, 6.07) is 4.63. The van der Waals surface area contributed by atoms with Crippen LogP contribution in [0.4, 0.5) is 4.79 Å². The Kier molecular flexibility index (Phi) is 6.99. The number of rotatable bonds is 7. The van der Waals surface area contributed by atoms with Crippen molar-refractivity contribution >= 4 is 12.1 Å². The molecule has 0 saturated heterocycles. The second-order valence-corrected chi connectivity index (χ2v) is 6.09. The normalized spacial score (nSPS) is 12.6. The zero-order chi connectivity index (χ0) is 18.3. The lowest BCUT2D eigenvalue weighted by Crippen LogP contribution is -2.38. The highest BCUT2D eigenvalue weighted by Crippen LogP contribution is 2.20. The van der Waals surface area contributed by atoms with Crippen LogP contribution in [0.1, 0.15) is 32.4 Å². The first-order valence-electron chi connectivity index (χ1n) is 7.37. The van der Waals surface area contributed by atoms with E-state index in [4.69, 9.17) is 19.7 Å². The van der Waals surface area contributed by atoms with E-state index < -0.39 is 29.8 Å². The number of aliphatic carboxylic acids is 1. The highest BCUT2D eigenvalue weighted by molar-refractivity contribution is 5.81. The van der Waals surface area contributed by atoms with Gasteiger partial charge in [0.1, 0.15) is 17.5 Å². The fourth-order valence-corrected chi connectivity index (χ4v) is 1.78. The highest BCUT2D eigenvalue weighted by atomic mass is 16.6. The molecule has 1 rings (SSSR count). The van der Waals surface area contributed by atoms with Gasteiger partial charge in [0.25, 0.3) is 0 Å². The molecule has 0 aliphatic carbocycles. The number of carboxylic acid groups (broad SMARTS) is 1. The zero-order valence-corrected chi connectivity index (χ0v) is 13.9. The summed E-state index contributed by atoms with van der Waals surface area (Å²) in [5.74, 6) is -0.883. The average molecular weight is 341 g/mol. The van der Waals surface area contributed by atoms with Gasteiger partial charge < -0.3 is 30.1 Å². The standard InChI is InChI=1S/C16H23NO7/c1-16(2,3)24-15(22)17-13(14(20)21)10-4-6-11(7-5-10)23-12(8-18)9-19/h4-7,12-13,18-19H,8-9H2,1-3H3,(H,17,22)(H,20,21)/t13-/m1/s1. The predicted molar refractivity (Wildman–Crippen MR) is 84.8 cm³/mol. The van der Waals surface area contributed by atoms with E-state index in [-0.39, 0.29) is 13.2 Å². The lowest BCUT2D eigenvalue weighted by molar-refractivity contribution is -0.139. The van der Waals surface area contributed by atoms with Crippen LogP contribution in [0.2, 0.25) is 0 Å². The number of aliphatic hydroxyl groups excluding tert-OH is 2. The summed E-state index contributed by atoms with van der Waals surface area (Å²) in [6.45, 7) is 4.32. The molecule has 0 saturated carbocycles. The van der Waals surface area contributed by atoms with Crippen LogP contribution in [0.15, 0.2) is 24.3 Å². The molecule has 8 nitrogen and oxygen atoms in total. The topological polar surface area (TPSA) is 125 Å². The highest BCUT2D eigenvalue weighted by Gasteiger charge is 2.25. The minimum atomic E-state index is -1.28. The summed E-state index contributed by atoms with van der Waals surface area (Å²) in [7, 11) is 0. The molecule has 0 radical (unpaired) electrons. The molecular weight excluding hydrogens is 318 g/mol. The summed E-state index contributed by atoms with van der Waals surface area (Å²) in [5, 5.41) is 29.5. The maximum atomic E-state index is 11.8. The van der Waals surface area contributed by atoms with Crippen molar-refractivity contribution in [3.05, 3.63) is 29.8 Å². The molecule has 24 heavy (non-hydrogen) atoms. The van der Waals surface area contributed by atoms with E-state index in [9.17, 15) is 14.7 Å². The predicted octanol–water partition coefficient (Wildman–Crippen LogP) is 1.07. The van der Waals surface area contributed by atoms with Crippen LogP contribution in [-0.2, 0) is 9.53 Å². The number of alkyl carbamates (subject to hydrolysis) is 1. The maximum absolute atomic E-state index is 11.8. The van der Waals surface area contributed by atoms with Gasteiger partial charge in [0.05, 0.1) is 13.2 Å². The smallest absolute Gasteiger partial charge is 0.408 e. The van der Waals surface area contributed by atoms with Crippen molar-refractivity contribution < 1.29 is 34.4 Å². The van der Waals surface area contributed by atoms with E-state index in [0.29, 0.717) is 11.3 Å². The molecular formula is C16H23NO7. The van der Waals surface area contributed by atoms with E-state index in [2.05, 4.69) is 5.32 Å². The Morgan fingerprint density at radius 2 is 1.67 bits per heavy atom. The van der Waals surface area contributed by atoms with E-state index in [1.807, 2.05) is 0 Å². The molecule has 1 aromatic rings. The van der Waals surface area contributed by atoms with Gasteiger partial charge in [0, 0.05) is 0 Å². The van der Waals surface area contributed by atoms with Gasteiger partial charge in [0.15, 0.2) is 6.04 Å². The molecule has 8 heteroatoms. The SMILES string of the molecule is CC(C)(C)OC(=O)N[C@@H](C(=O)O)c1ccc(OC(CO)CO)cc1. The lowest BCUT2D eigenvalue weighted by atomic mass is 10.1. The van der Waals surface area contributed by atoms with Crippen molar-refractivity contribution in [1.29, 1.82) is 0 Å². The maximum Gasteiger partial charge on any atom is 0.408 e.